The average Bonchev–Trinajstić information content (AvgIpc) is 3.16. The molecule has 0 fully saturated rings. The fraction of sp³-hybridized carbons (Fsp3) is 0.379. The Morgan fingerprint density at radius 2 is 1.91 bits per heavy atom. The van der Waals surface area contributed by atoms with Crippen molar-refractivity contribution in [3.05, 3.63) is 71.1 Å². The minimum absolute atomic E-state index is 0.0172. The van der Waals surface area contributed by atoms with E-state index < -0.39 is 5.97 Å². The van der Waals surface area contributed by atoms with Crippen molar-refractivity contribution in [2.24, 2.45) is 5.41 Å². The molecule has 5 nitrogen and oxygen atoms in total. The predicted octanol–water partition coefficient (Wildman–Crippen LogP) is 6.77. The molecule has 34 heavy (non-hydrogen) atoms. The molecule has 4 aromatic rings. The van der Waals surface area contributed by atoms with Gasteiger partial charge < -0.3 is 14.3 Å². The quantitative estimate of drug-likeness (QED) is 0.299. The van der Waals surface area contributed by atoms with Crippen molar-refractivity contribution < 1.29 is 19.1 Å². The molecule has 0 radical (unpaired) electrons. The fourth-order valence-corrected chi connectivity index (χ4v) is 4.43. The maximum absolute atomic E-state index is 11.0. The minimum Gasteiger partial charge on any atom is -0.493 e. The largest absolute Gasteiger partial charge is 0.493 e. The number of aliphatic carboxylic acids is 1. The number of hydrogen-bond donors (Lipinski definition) is 1. The first-order chi connectivity index (χ1) is 16.2. The van der Waals surface area contributed by atoms with Crippen LogP contribution in [0.25, 0.3) is 21.9 Å². The third-order valence-electron chi connectivity index (χ3n) is 5.89. The molecule has 0 aliphatic carbocycles. The third-order valence-corrected chi connectivity index (χ3v) is 5.89. The molecule has 4 rings (SSSR count). The highest BCUT2D eigenvalue weighted by Gasteiger charge is 2.19. The number of aromatic nitrogens is 1. The van der Waals surface area contributed by atoms with Crippen LogP contribution in [-0.2, 0) is 30.5 Å². The van der Waals surface area contributed by atoms with Crippen molar-refractivity contribution in [2.75, 3.05) is 6.61 Å². The van der Waals surface area contributed by atoms with Crippen LogP contribution in [0.2, 0.25) is 0 Å². The highest BCUT2D eigenvalue weighted by atomic mass is 16.5. The summed E-state index contributed by atoms with van der Waals surface area (Å²) in [7, 11) is 0. The molecule has 0 atom stereocenters. The number of pyridine rings is 1. The van der Waals surface area contributed by atoms with Crippen molar-refractivity contribution >= 4 is 27.8 Å². The number of hydrogen-bond acceptors (Lipinski definition) is 4. The van der Waals surface area contributed by atoms with Crippen LogP contribution in [0.4, 0.5) is 0 Å². The lowest BCUT2D eigenvalue weighted by atomic mass is 9.88. The van der Waals surface area contributed by atoms with Gasteiger partial charge in [-0.1, -0.05) is 46.2 Å². The number of furan rings is 1. The van der Waals surface area contributed by atoms with Gasteiger partial charge >= 0.3 is 5.97 Å². The molecule has 2 aromatic carbocycles. The van der Waals surface area contributed by atoms with Crippen molar-refractivity contribution in [1.82, 2.24) is 4.98 Å². The van der Waals surface area contributed by atoms with E-state index in [1.54, 1.807) is 0 Å². The molecule has 0 aliphatic heterocycles. The highest BCUT2D eigenvalue weighted by Crippen LogP contribution is 2.35. The molecule has 0 saturated carbocycles. The summed E-state index contributed by atoms with van der Waals surface area (Å²) in [5.74, 6) is 0.0480. The van der Waals surface area contributed by atoms with Gasteiger partial charge in [0, 0.05) is 28.5 Å². The maximum Gasteiger partial charge on any atom is 0.307 e. The van der Waals surface area contributed by atoms with Crippen molar-refractivity contribution in [2.45, 2.75) is 59.8 Å². The van der Waals surface area contributed by atoms with E-state index in [0.717, 1.165) is 58.3 Å². The summed E-state index contributed by atoms with van der Waals surface area (Å²) < 4.78 is 12.3. The summed E-state index contributed by atoms with van der Waals surface area (Å²) in [5, 5.41) is 11.1. The number of nitrogens with zero attached hydrogens (tertiary/aromatic N) is 1. The Kier molecular flexibility index (Phi) is 6.92. The predicted molar refractivity (Wildman–Crippen MR) is 136 cm³/mol. The van der Waals surface area contributed by atoms with Gasteiger partial charge in [-0.15, -0.1) is 0 Å². The highest BCUT2D eigenvalue weighted by molar-refractivity contribution is 5.86. The van der Waals surface area contributed by atoms with Crippen LogP contribution in [0.1, 0.15) is 56.5 Å². The van der Waals surface area contributed by atoms with Crippen molar-refractivity contribution in [3.63, 3.8) is 0 Å². The summed E-state index contributed by atoms with van der Waals surface area (Å²) in [4.78, 5) is 15.7. The van der Waals surface area contributed by atoms with Gasteiger partial charge in [-0.2, -0.15) is 0 Å². The number of rotatable bonds is 9. The average molecular weight is 460 g/mol. The Bertz CT molecular complexity index is 1310. The number of carbonyl (C=O) groups is 1. The first kappa shape index (κ1) is 23.8. The normalized spacial score (nSPS) is 11.9. The molecular formula is C29H33NO4. The van der Waals surface area contributed by atoms with Gasteiger partial charge in [0.05, 0.1) is 24.8 Å². The van der Waals surface area contributed by atoms with Gasteiger partial charge in [0.25, 0.3) is 0 Å². The second kappa shape index (κ2) is 9.88. The zero-order valence-electron chi connectivity index (χ0n) is 20.5. The molecule has 0 aliphatic rings. The van der Waals surface area contributed by atoms with Gasteiger partial charge in [0.2, 0.25) is 0 Å². The molecular weight excluding hydrogens is 426 g/mol. The first-order valence-electron chi connectivity index (χ1n) is 12.0. The lowest BCUT2D eigenvalue weighted by molar-refractivity contribution is -0.136. The molecule has 0 bridgehead atoms. The van der Waals surface area contributed by atoms with Crippen LogP contribution >= 0.6 is 0 Å². The lowest BCUT2D eigenvalue weighted by Gasteiger charge is -2.17. The standard InChI is InChI=1S/C29H33NO4/c1-5-6-24-26(12-10-23-21(17-29(2,3)4)18-34-28(23)24)33-14-13-22-9-8-20-15-19(16-27(31)32)7-11-25(20)30-22/h7-12,15,18H,5-6,13-14,16-17H2,1-4H3,(H,31,32). The number of carboxylic acid groups (broad SMARTS) is 1. The van der Waals surface area contributed by atoms with Crippen LogP contribution < -0.4 is 4.74 Å². The fourth-order valence-electron chi connectivity index (χ4n) is 4.43. The minimum atomic E-state index is -0.832. The van der Waals surface area contributed by atoms with Gasteiger partial charge in [-0.25, -0.2) is 0 Å². The number of aryl methyl sites for hydroxylation is 1. The molecule has 1 N–H and O–H groups in total. The van der Waals surface area contributed by atoms with Crippen LogP contribution in [0, 0.1) is 5.41 Å². The second-order valence-electron chi connectivity index (χ2n) is 10.2. The van der Waals surface area contributed by atoms with Crippen molar-refractivity contribution in [3.8, 4) is 5.75 Å². The summed E-state index contributed by atoms with van der Waals surface area (Å²) in [6.45, 7) is 9.42. The molecule has 2 aromatic heterocycles. The van der Waals surface area contributed by atoms with E-state index in [1.807, 2.05) is 36.6 Å². The van der Waals surface area contributed by atoms with E-state index >= 15 is 0 Å². The Labute approximate surface area is 200 Å². The van der Waals surface area contributed by atoms with Gasteiger partial charge in [0.1, 0.15) is 11.3 Å². The van der Waals surface area contributed by atoms with Crippen LogP contribution in [0.15, 0.2) is 53.1 Å². The lowest BCUT2D eigenvalue weighted by Crippen LogP contribution is -2.08. The van der Waals surface area contributed by atoms with E-state index in [0.29, 0.717) is 13.0 Å². The summed E-state index contributed by atoms with van der Waals surface area (Å²) in [6, 6.07) is 13.8. The zero-order chi connectivity index (χ0) is 24.3. The summed E-state index contributed by atoms with van der Waals surface area (Å²) in [5.41, 5.74) is 6.11. The van der Waals surface area contributed by atoms with E-state index in [-0.39, 0.29) is 11.8 Å². The van der Waals surface area contributed by atoms with Gasteiger partial charge in [0.15, 0.2) is 0 Å². The van der Waals surface area contributed by atoms with E-state index in [9.17, 15) is 4.79 Å². The van der Waals surface area contributed by atoms with E-state index in [2.05, 4.69) is 39.8 Å². The van der Waals surface area contributed by atoms with Crippen LogP contribution in [-0.4, -0.2) is 22.7 Å². The SMILES string of the molecule is CCCc1c(OCCc2ccc3cc(CC(=O)O)ccc3n2)ccc2c(CC(C)(C)C)coc12. The van der Waals surface area contributed by atoms with Crippen molar-refractivity contribution in [1.29, 1.82) is 0 Å². The van der Waals surface area contributed by atoms with Crippen LogP contribution in [0.5, 0.6) is 5.75 Å². The topological polar surface area (TPSA) is 72.6 Å². The van der Waals surface area contributed by atoms with Gasteiger partial charge in [-0.05, 0) is 59.7 Å². The third kappa shape index (κ3) is 5.58. The summed E-state index contributed by atoms with van der Waals surface area (Å²) >= 11 is 0. The second-order valence-corrected chi connectivity index (χ2v) is 10.2. The monoisotopic (exact) mass is 459 g/mol. The molecule has 0 saturated heterocycles. The molecule has 0 spiro atoms. The number of carboxylic acids is 1. The molecule has 5 heteroatoms. The zero-order valence-corrected chi connectivity index (χ0v) is 20.5. The van der Waals surface area contributed by atoms with Gasteiger partial charge in [-0.3, -0.25) is 9.78 Å². The van der Waals surface area contributed by atoms with E-state index in [4.69, 9.17) is 19.2 Å². The van der Waals surface area contributed by atoms with E-state index in [1.165, 1.54) is 10.9 Å². The Morgan fingerprint density at radius 1 is 1.09 bits per heavy atom. The smallest absolute Gasteiger partial charge is 0.307 e. The Morgan fingerprint density at radius 3 is 2.65 bits per heavy atom. The summed E-state index contributed by atoms with van der Waals surface area (Å²) in [6.07, 6.45) is 5.49. The molecule has 178 valence electrons. The number of benzene rings is 2. The number of fused-ring (bicyclic) bond motifs is 2. The Balaban J connectivity index is 1.49. The molecule has 0 amide bonds. The number of ether oxygens (including phenoxy) is 1. The molecule has 2 heterocycles. The maximum atomic E-state index is 11.0. The van der Waals surface area contributed by atoms with Crippen LogP contribution in [0.3, 0.4) is 0 Å². The first-order valence-corrected chi connectivity index (χ1v) is 12.0. The Hall–Kier alpha value is -3.34. The molecule has 0 unspecified atom stereocenters.